The molecule has 2 aromatic rings. The molecule has 0 unspecified atom stereocenters. The normalized spacial score (nSPS) is 10.2. The lowest BCUT2D eigenvalue weighted by atomic mass is 10.2. The molecule has 0 aliphatic rings. The van der Waals surface area contributed by atoms with Gasteiger partial charge in [0.15, 0.2) is 0 Å². The second kappa shape index (κ2) is 6.92. The van der Waals surface area contributed by atoms with Gasteiger partial charge in [0.2, 0.25) is 5.88 Å². The minimum Gasteiger partial charge on any atom is -0.472 e. The number of aliphatic hydroxyl groups is 1. The number of aromatic nitrogens is 2. The van der Waals surface area contributed by atoms with Crippen LogP contribution in [0.3, 0.4) is 0 Å². The lowest BCUT2D eigenvalue weighted by Gasteiger charge is -2.07. The molecule has 5 nitrogen and oxygen atoms in total. The average Bonchev–Trinajstić information content (AvgIpc) is 2.43. The van der Waals surface area contributed by atoms with Crippen molar-refractivity contribution in [2.75, 3.05) is 18.5 Å². The molecule has 0 saturated heterocycles. The molecule has 0 atom stereocenters. The van der Waals surface area contributed by atoms with Crippen molar-refractivity contribution in [2.45, 2.75) is 6.61 Å². The van der Waals surface area contributed by atoms with Gasteiger partial charge in [-0.1, -0.05) is 23.7 Å². The van der Waals surface area contributed by atoms with Crippen LogP contribution < -0.4 is 10.1 Å². The van der Waals surface area contributed by atoms with Gasteiger partial charge >= 0.3 is 0 Å². The van der Waals surface area contributed by atoms with Crippen molar-refractivity contribution in [3.8, 4) is 5.88 Å². The molecule has 0 amide bonds. The topological polar surface area (TPSA) is 67.3 Å². The van der Waals surface area contributed by atoms with E-state index in [-0.39, 0.29) is 6.61 Å². The lowest BCUT2D eigenvalue weighted by Crippen LogP contribution is -2.08. The third-order valence-corrected chi connectivity index (χ3v) is 2.54. The summed E-state index contributed by atoms with van der Waals surface area (Å²) in [5.41, 5.74) is 0.961. The van der Waals surface area contributed by atoms with Crippen LogP contribution in [0, 0.1) is 0 Å². The maximum absolute atomic E-state index is 8.72. The van der Waals surface area contributed by atoms with E-state index in [1.165, 1.54) is 6.20 Å². The number of halogens is 1. The zero-order chi connectivity index (χ0) is 13.5. The molecule has 1 aromatic heterocycles. The Balaban J connectivity index is 1.95. The zero-order valence-corrected chi connectivity index (χ0v) is 11.0. The fourth-order valence-corrected chi connectivity index (χ4v) is 1.68. The predicted octanol–water partition coefficient (Wildman–Crippen LogP) is 2.11. The molecule has 1 aromatic carbocycles. The summed E-state index contributed by atoms with van der Waals surface area (Å²) in [7, 11) is 0. The van der Waals surface area contributed by atoms with E-state index in [1.54, 1.807) is 6.20 Å². The summed E-state index contributed by atoms with van der Waals surface area (Å²) in [5, 5.41) is 12.3. The first-order valence-electron chi connectivity index (χ1n) is 5.82. The molecular weight excluding hydrogens is 266 g/mol. The minimum atomic E-state index is 0.0370. The van der Waals surface area contributed by atoms with Crippen LogP contribution in [-0.4, -0.2) is 28.2 Å². The fourth-order valence-electron chi connectivity index (χ4n) is 1.47. The number of hydrogen-bond acceptors (Lipinski definition) is 5. The first kappa shape index (κ1) is 13.6. The van der Waals surface area contributed by atoms with Crippen molar-refractivity contribution in [2.24, 2.45) is 0 Å². The average molecular weight is 280 g/mol. The van der Waals surface area contributed by atoms with E-state index in [0.717, 1.165) is 5.56 Å². The summed E-state index contributed by atoms with van der Waals surface area (Å²) >= 11 is 5.89. The number of ether oxygens (including phenoxy) is 1. The van der Waals surface area contributed by atoms with Crippen molar-refractivity contribution < 1.29 is 9.84 Å². The molecule has 0 aliphatic heterocycles. The van der Waals surface area contributed by atoms with Gasteiger partial charge in [0.05, 0.1) is 19.0 Å². The molecule has 0 radical (unpaired) electrons. The maximum Gasteiger partial charge on any atom is 0.234 e. The number of hydrogen-bond donors (Lipinski definition) is 2. The highest BCUT2D eigenvalue weighted by Crippen LogP contribution is 2.14. The maximum atomic E-state index is 8.72. The number of anilines is 1. The standard InChI is InChI=1S/C13H14ClN3O2/c14-11-3-1-2-10(6-11)9-19-13-8-15-7-12(17-13)16-4-5-18/h1-3,6-8,18H,4-5,9H2,(H,16,17). The molecular formula is C13H14ClN3O2. The van der Waals surface area contributed by atoms with Gasteiger partial charge in [-0.3, -0.25) is 4.98 Å². The summed E-state index contributed by atoms with van der Waals surface area (Å²) in [6.45, 7) is 0.834. The highest BCUT2D eigenvalue weighted by Gasteiger charge is 2.01. The Hall–Kier alpha value is -1.85. The van der Waals surface area contributed by atoms with E-state index in [2.05, 4.69) is 15.3 Å². The molecule has 0 spiro atoms. The van der Waals surface area contributed by atoms with E-state index in [4.69, 9.17) is 21.4 Å². The summed E-state index contributed by atoms with van der Waals surface area (Å²) in [6, 6.07) is 7.44. The van der Waals surface area contributed by atoms with Crippen molar-refractivity contribution >= 4 is 17.4 Å². The fraction of sp³-hybridized carbons (Fsp3) is 0.231. The first-order chi connectivity index (χ1) is 9.28. The van der Waals surface area contributed by atoms with Gasteiger partial charge in [-0.05, 0) is 17.7 Å². The zero-order valence-electron chi connectivity index (χ0n) is 10.2. The van der Waals surface area contributed by atoms with Crippen molar-refractivity contribution in [1.29, 1.82) is 0 Å². The van der Waals surface area contributed by atoms with Crippen LogP contribution in [0.15, 0.2) is 36.7 Å². The second-order valence-electron chi connectivity index (χ2n) is 3.81. The molecule has 0 fully saturated rings. The second-order valence-corrected chi connectivity index (χ2v) is 4.25. The molecule has 1 heterocycles. The number of aliphatic hydroxyl groups excluding tert-OH is 1. The molecule has 0 bridgehead atoms. The lowest BCUT2D eigenvalue weighted by molar-refractivity contribution is 0.292. The summed E-state index contributed by atoms with van der Waals surface area (Å²) in [6.07, 6.45) is 3.11. The largest absolute Gasteiger partial charge is 0.472 e. The van der Waals surface area contributed by atoms with E-state index >= 15 is 0 Å². The number of nitrogens with zero attached hydrogens (tertiary/aromatic N) is 2. The highest BCUT2D eigenvalue weighted by molar-refractivity contribution is 6.30. The molecule has 19 heavy (non-hydrogen) atoms. The Morgan fingerprint density at radius 2 is 2.21 bits per heavy atom. The number of rotatable bonds is 6. The van der Waals surface area contributed by atoms with Gasteiger partial charge in [0, 0.05) is 11.6 Å². The van der Waals surface area contributed by atoms with Crippen LogP contribution in [0.4, 0.5) is 5.82 Å². The van der Waals surface area contributed by atoms with Gasteiger partial charge in [0.25, 0.3) is 0 Å². The van der Waals surface area contributed by atoms with Crippen molar-refractivity contribution in [3.05, 3.63) is 47.2 Å². The van der Waals surface area contributed by atoms with Gasteiger partial charge < -0.3 is 15.2 Å². The Kier molecular flexibility index (Phi) is 4.94. The highest BCUT2D eigenvalue weighted by atomic mass is 35.5. The van der Waals surface area contributed by atoms with E-state index in [0.29, 0.717) is 29.9 Å². The Morgan fingerprint density at radius 3 is 3.00 bits per heavy atom. The summed E-state index contributed by atoms with van der Waals surface area (Å²) < 4.78 is 5.53. The van der Waals surface area contributed by atoms with E-state index in [9.17, 15) is 0 Å². The van der Waals surface area contributed by atoms with Gasteiger partial charge in [-0.2, -0.15) is 4.98 Å². The van der Waals surface area contributed by atoms with Crippen LogP contribution in [0.1, 0.15) is 5.56 Å². The quantitative estimate of drug-likeness (QED) is 0.848. The van der Waals surface area contributed by atoms with E-state index < -0.39 is 0 Å². The Bertz CT molecular complexity index is 537. The Morgan fingerprint density at radius 1 is 1.32 bits per heavy atom. The van der Waals surface area contributed by atoms with E-state index in [1.807, 2.05) is 24.3 Å². The minimum absolute atomic E-state index is 0.0370. The molecule has 2 rings (SSSR count). The Labute approximate surface area is 116 Å². The number of nitrogens with one attached hydrogen (secondary N) is 1. The van der Waals surface area contributed by atoms with Crippen LogP contribution >= 0.6 is 11.6 Å². The first-order valence-corrected chi connectivity index (χ1v) is 6.20. The summed E-state index contributed by atoms with van der Waals surface area (Å²) in [4.78, 5) is 8.22. The molecule has 6 heteroatoms. The van der Waals surface area contributed by atoms with Crippen molar-refractivity contribution in [3.63, 3.8) is 0 Å². The SMILES string of the molecule is OCCNc1cncc(OCc2cccc(Cl)c2)n1. The van der Waals surface area contributed by atoms with Crippen molar-refractivity contribution in [1.82, 2.24) is 9.97 Å². The third kappa shape index (κ3) is 4.39. The summed E-state index contributed by atoms with van der Waals surface area (Å²) in [5.74, 6) is 0.987. The predicted molar refractivity (Wildman–Crippen MR) is 73.4 cm³/mol. The van der Waals surface area contributed by atoms with Gasteiger partial charge in [-0.25, -0.2) is 0 Å². The molecule has 0 aliphatic carbocycles. The van der Waals surface area contributed by atoms with Gasteiger partial charge in [-0.15, -0.1) is 0 Å². The number of benzene rings is 1. The van der Waals surface area contributed by atoms with Crippen LogP contribution in [0.2, 0.25) is 5.02 Å². The third-order valence-electron chi connectivity index (χ3n) is 2.31. The van der Waals surface area contributed by atoms with Crippen LogP contribution in [0.25, 0.3) is 0 Å². The molecule has 0 saturated carbocycles. The van der Waals surface area contributed by atoms with Crippen LogP contribution in [-0.2, 0) is 6.61 Å². The van der Waals surface area contributed by atoms with Crippen LogP contribution in [0.5, 0.6) is 5.88 Å². The van der Waals surface area contributed by atoms with Gasteiger partial charge in [0.1, 0.15) is 12.4 Å². The molecule has 2 N–H and O–H groups in total. The monoisotopic (exact) mass is 279 g/mol. The molecule has 100 valence electrons. The smallest absolute Gasteiger partial charge is 0.234 e.